The van der Waals surface area contributed by atoms with E-state index < -0.39 is 10.0 Å². The Balaban J connectivity index is 1.73. The number of methoxy groups -OCH3 is 1. The molecule has 5 aromatic rings. The zero-order valence-electron chi connectivity index (χ0n) is 20.6. The molecule has 0 fully saturated rings. The van der Waals surface area contributed by atoms with Crippen LogP contribution in [0.5, 0.6) is 17.2 Å². The van der Waals surface area contributed by atoms with Gasteiger partial charge in [-0.2, -0.15) is 0 Å². The number of ether oxygens (including phenoxy) is 2. The van der Waals surface area contributed by atoms with Crippen molar-refractivity contribution in [2.24, 2.45) is 0 Å². The molecule has 5 aromatic carbocycles. The Morgan fingerprint density at radius 2 is 1.49 bits per heavy atom. The number of para-hydroxylation sites is 1. The van der Waals surface area contributed by atoms with Gasteiger partial charge in [0.05, 0.1) is 19.4 Å². The second kappa shape index (κ2) is 10.0. The van der Waals surface area contributed by atoms with E-state index in [0.717, 1.165) is 17.2 Å². The molecular weight excluding hydrogens is 486 g/mol. The molecule has 0 aromatic heterocycles. The molecule has 0 aliphatic rings. The Morgan fingerprint density at radius 3 is 2.24 bits per heavy atom. The standard InChI is InChI=1S/C30H27NO5S/c1-3-18-36-26-14-8-9-15-28(26)37(33,34)31-25-19-24(30(32)23-13-7-6-12-22(23)25)29-21-11-5-4-10-20(21)16-17-27(29)35-2/h4-17,19,31-32H,3,18H2,1-2H3. The van der Waals surface area contributed by atoms with Crippen LogP contribution in [-0.2, 0) is 10.0 Å². The molecular formula is C30H27NO5S. The Morgan fingerprint density at radius 1 is 0.811 bits per heavy atom. The minimum atomic E-state index is -4.02. The molecule has 0 bridgehead atoms. The lowest BCUT2D eigenvalue weighted by Crippen LogP contribution is -2.15. The molecule has 0 radical (unpaired) electrons. The minimum Gasteiger partial charge on any atom is -0.507 e. The van der Waals surface area contributed by atoms with Crippen LogP contribution in [0.2, 0.25) is 0 Å². The molecule has 0 saturated carbocycles. The predicted octanol–water partition coefficient (Wildman–Crippen LogP) is 6.96. The summed E-state index contributed by atoms with van der Waals surface area (Å²) in [5.41, 5.74) is 1.47. The highest BCUT2D eigenvalue weighted by Gasteiger charge is 2.24. The zero-order chi connectivity index (χ0) is 26.0. The summed E-state index contributed by atoms with van der Waals surface area (Å²) in [7, 11) is -2.45. The third-order valence-electron chi connectivity index (χ3n) is 6.24. The van der Waals surface area contributed by atoms with Crippen LogP contribution in [0.25, 0.3) is 32.7 Å². The first-order valence-electron chi connectivity index (χ1n) is 12.0. The van der Waals surface area contributed by atoms with E-state index in [1.54, 1.807) is 55.6 Å². The lowest BCUT2D eigenvalue weighted by Gasteiger charge is -2.19. The molecule has 0 heterocycles. The third-order valence-corrected chi connectivity index (χ3v) is 7.65. The fourth-order valence-electron chi connectivity index (χ4n) is 4.54. The quantitative estimate of drug-likeness (QED) is 0.219. The van der Waals surface area contributed by atoms with Crippen LogP contribution >= 0.6 is 0 Å². The van der Waals surface area contributed by atoms with Crippen LogP contribution in [-0.4, -0.2) is 27.2 Å². The fourth-order valence-corrected chi connectivity index (χ4v) is 5.76. The van der Waals surface area contributed by atoms with Crippen molar-refractivity contribution in [3.8, 4) is 28.4 Å². The summed E-state index contributed by atoms with van der Waals surface area (Å²) in [6.45, 7) is 2.36. The summed E-state index contributed by atoms with van der Waals surface area (Å²) in [6, 6.07) is 27.0. The van der Waals surface area contributed by atoms with E-state index in [2.05, 4.69) is 4.72 Å². The first-order valence-corrected chi connectivity index (χ1v) is 13.5. The average Bonchev–Trinajstić information content (AvgIpc) is 2.93. The second-order valence-electron chi connectivity index (χ2n) is 8.63. The van der Waals surface area contributed by atoms with Gasteiger partial charge >= 0.3 is 0 Å². The summed E-state index contributed by atoms with van der Waals surface area (Å²) < 4.78 is 41.4. The molecule has 0 saturated heterocycles. The normalized spacial score (nSPS) is 11.5. The first-order chi connectivity index (χ1) is 17.9. The van der Waals surface area contributed by atoms with Gasteiger partial charge in [-0.15, -0.1) is 0 Å². The van der Waals surface area contributed by atoms with Crippen molar-refractivity contribution in [3.63, 3.8) is 0 Å². The maximum Gasteiger partial charge on any atom is 0.265 e. The number of nitrogens with one attached hydrogen (secondary N) is 1. The molecule has 0 aliphatic carbocycles. The van der Waals surface area contributed by atoms with E-state index in [4.69, 9.17) is 9.47 Å². The van der Waals surface area contributed by atoms with Gasteiger partial charge in [-0.05, 0) is 41.5 Å². The van der Waals surface area contributed by atoms with Gasteiger partial charge in [-0.3, -0.25) is 4.72 Å². The molecule has 5 rings (SSSR count). The van der Waals surface area contributed by atoms with Crippen molar-refractivity contribution in [2.75, 3.05) is 18.4 Å². The molecule has 37 heavy (non-hydrogen) atoms. The van der Waals surface area contributed by atoms with E-state index in [1.807, 2.05) is 43.3 Å². The van der Waals surface area contributed by atoms with E-state index in [1.165, 1.54) is 6.07 Å². The summed E-state index contributed by atoms with van der Waals surface area (Å²) in [5.74, 6) is 0.896. The van der Waals surface area contributed by atoms with Gasteiger partial charge in [0.25, 0.3) is 10.0 Å². The number of hydrogen-bond acceptors (Lipinski definition) is 5. The number of rotatable bonds is 8. The van der Waals surface area contributed by atoms with E-state index in [-0.39, 0.29) is 16.4 Å². The summed E-state index contributed by atoms with van der Waals surface area (Å²) in [5, 5.41) is 14.3. The van der Waals surface area contributed by atoms with Gasteiger partial charge in [0.15, 0.2) is 0 Å². The third kappa shape index (κ3) is 4.54. The summed E-state index contributed by atoms with van der Waals surface area (Å²) in [6.07, 6.45) is 0.751. The first kappa shape index (κ1) is 24.5. The molecule has 0 amide bonds. The molecule has 0 aliphatic heterocycles. The summed E-state index contributed by atoms with van der Waals surface area (Å²) in [4.78, 5) is 0.0462. The molecule has 6 nitrogen and oxygen atoms in total. The van der Waals surface area contributed by atoms with Crippen LogP contribution in [0.3, 0.4) is 0 Å². The lowest BCUT2D eigenvalue weighted by atomic mass is 9.93. The fraction of sp³-hybridized carbons (Fsp3) is 0.133. The number of anilines is 1. The van der Waals surface area contributed by atoms with Gasteiger partial charge in [0.2, 0.25) is 0 Å². The van der Waals surface area contributed by atoms with Gasteiger partial charge in [0, 0.05) is 21.9 Å². The van der Waals surface area contributed by atoms with Crippen molar-refractivity contribution in [3.05, 3.63) is 91.0 Å². The van der Waals surface area contributed by atoms with Gasteiger partial charge in [-0.25, -0.2) is 8.42 Å². The molecule has 7 heteroatoms. The van der Waals surface area contributed by atoms with Crippen LogP contribution in [0.4, 0.5) is 5.69 Å². The number of benzene rings is 5. The smallest absolute Gasteiger partial charge is 0.265 e. The SMILES string of the molecule is CCCOc1ccccc1S(=O)(=O)Nc1cc(-c2c(OC)ccc3ccccc23)c(O)c2ccccc12. The van der Waals surface area contributed by atoms with E-state index in [0.29, 0.717) is 39.9 Å². The maximum atomic E-state index is 13.6. The van der Waals surface area contributed by atoms with Crippen LogP contribution < -0.4 is 14.2 Å². The number of hydrogen-bond donors (Lipinski definition) is 2. The minimum absolute atomic E-state index is 0.0416. The Hall–Kier alpha value is -4.23. The highest BCUT2D eigenvalue weighted by atomic mass is 32.2. The number of aromatic hydroxyl groups is 1. The molecule has 0 unspecified atom stereocenters. The summed E-state index contributed by atoms with van der Waals surface area (Å²) >= 11 is 0. The van der Waals surface area contributed by atoms with Crippen LogP contribution in [0, 0.1) is 0 Å². The Labute approximate surface area is 216 Å². The van der Waals surface area contributed by atoms with Gasteiger partial charge in [0.1, 0.15) is 22.1 Å². The maximum absolute atomic E-state index is 13.6. The van der Waals surface area contributed by atoms with Crippen LogP contribution in [0.15, 0.2) is 95.9 Å². The number of phenols is 1. The average molecular weight is 514 g/mol. The van der Waals surface area contributed by atoms with Crippen molar-refractivity contribution in [1.82, 2.24) is 0 Å². The number of fused-ring (bicyclic) bond motifs is 2. The second-order valence-corrected chi connectivity index (χ2v) is 10.3. The Kier molecular flexibility index (Phi) is 6.63. The number of phenolic OH excluding ortho intramolecular Hbond substituents is 1. The van der Waals surface area contributed by atoms with Gasteiger partial charge < -0.3 is 14.6 Å². The predicted molar refractivity (Wildman–Crippen MR) is 148 cm³/mol. The van der Waals surface area contributed by atoms with Crippen molar-refractivity contribution < 1.29 is 23.0 Å². The van der Waals surface area contributed by atoms with Crippen molar-refractivity contribution in [2.45, 2.75) is 18.2 Å². The van der Waals surface area contributed by atoms with E-state index in [9.17, 15) is 13.5 Å². The van der Waals surface area contributed by atoms with E-state index >= 15 is 0 Å². The lowest BCUT2D eigenvalue weighted by molar-refractivity contribution is 0.309. The van der Waals surface area contributed by atoms with Crippen LogP contribution in [0.1, 0.15) is 13.3 Å². The molecule has 2 N–H and O–H groups in total. The van der Waals surface area contributed by atoms with Crippen molar-refractivity contribution in [1.29, 1.82) is 0 Å². The van der Waals surface area contributed by atoms with Crippen molar-refractivity contribution >= 4 is 37.3 Å². The highest BCUT2D eigenvalue weighted by molar-refractivity contribution is 7.92. The monoisotopic (exact) mass is 513 g/mol. The van der Waals surface area contributed by atoms with Gasteiger partial charge in [-0.1, -0.05) is 73.7 Å². The topological polar surface area (TPSA) is 84.9 Å². The zero-order valence-corrected chi connectivity index (χ0v) is 21.4. The number of sulfonamides is 1. The molecule has 188 valence electrons. The highest BCUT2D eigenvalue weighted by Crippen LogP contribution is 2.46. The molecule has 0 spiro atoms. The molecule has 0 atom stereocenters. The Bertz CT molecular complexity index is 1710. The largest absolute Gasteiger partial charge is 0.507 e.